The fraction of sp³-hybridized carbons (Fsp3) is 0.857. The highest BCUT2D eigenvalue weighted by atomic mass is 16.4. The number of nitrogens with two attached hydrogens (primary N) is 1. The Morgan fingerprint density at radius 2 is 1.95 bits per heavy atom. The largest absolute Gasteiger partial charge is 0.409 e. The number of amidine groups is 1. The average molecular weight is 267 g/mol. The van der Waals surface area contributed by atoms with Crippen LogP contribution in [0.2, 0.25) is 0 Å². The van der Waals surface area contributed by atoms with E-state index >= 15 is 0 Å². The van der Waals surface area contributed by atoms with Crippen LogP contribution < -0.4 is 5.73 Å². The van der Waals surface area contributed by atoms with Gasteiger partial charge in [-0.05, 0) is 31.6 Å². The first kappa shape index (κ1) is 14.2. The van der Waals surface area contributed by atoms with Crippen molar-refractivity contribution in [1.82, 2.24) is 4.90 Å². The molecule has 2 rings (SSSR count). The fourth-order valence-corrected chi connectivity index (χ4v) is 3.34. The van der Waals surface area contributed by atoms with Crippen molar-refractivity contribution in [2.24, 2.45) is 22.2 Å². The fourth-order valence-electron chi connectivity index (χ4n) is 3.34. The van der Waals surface area contributed by atoms with Crippen LogP contribution in [-0.4, -0.2) is 35.4 Å². The summed E-state index contributed by atoms with van der Waals surface area (Å²) < 4.78 is 0. The average Bonchev–Trinajstić information content (AvgIpc) is 2.41. The Morgan fingerprint density at radius 3 is 2.42 bits per heavy atom. The topological polar surface area (TPSA) is 78.9 Å². The lowest BCUT2D eigenvalue weighted by molar-refractivity contribution is -0.139. The van der Waals surface area contributed by atoms with E-state index in [0.717, 1.165) is 25.8 Å². The van der Waals surface area contributed by atoms with E-state index in [-0.39, 0.29) is 11.7 Å². The van der Waals surface area contributed by atoms with Crippen LogP contribution in [0.5, 0.6) is 0 Å². The summed E-state index contributed by atoms with van der Waals surface area (Å²) in [6, 6.07) is 0. The van der Waals surface area contributed by atoms with Gasteiger partial charge in [0.1, 0.15) is 5.41 Å². The molecule has 0 heterocycles. The Hall–Kier alpha value is -1.26. The molecule has 2 saturated carbocycles. The molecule has 5 heteroatoms. The summed E-state index contributed by atoms with van der Waals surface area (Å²) in [5.74, 6) is 0.772. The van der Waals surface area contributed by atoms with Gasteiger partial charge in [0.15, 0.2) is 5.84 Å². The summed E-state index contributed by atoms with van der Waals surface area (Å²) in [6.45, 7) is 0.805. The van der Waals surface area contributed by atoms with Gasteiger partial charge in [0.2, 0.25) is 5.91 Å². The third-order valence-electron chi connectivity index (χ3n) is 4.82. The van der Waals surface area contributed by atoms with Crippen LogP contribution in [0.25, 0.3) is 0 Å². The van der Waals surface area contributed by atoms with Crippen LogP contribution in [0.1, 0.15) is 51.4 Å². The van der Waals surface area contributed by atoms with Crippen molar-refractivity contribution in [1.29, 1.82) is 0 Å². The minimum atomic E-state index is -0.758. The van der Waals surface area contributed by atoms with Crippen molar-refractivity contribution < 1.29 is 10.0 Å². The number of amides is 1. The number of rotatable bonds is 4. The Kier molecular flexibility index (Phi) is 4.32. The maximum Gasteiger partial charge on any atom is 0.236 e. The van der Waals surface area contributed by atoms with Crippen LogP contribution in [0.4, 0.5) is 0 Å². The molecule has 0 aliphatic heterocycles. The highest BCUT2D eigenvalue weighted by Gasteiger charge is 2.45. The molecule has 1 amide bonds. The zero-order chi connectivity index (χ0) is 13.9. The Bertz CT molecular complexity index is 358. The second kappa shape index (κ2) is 5.80. The molecule has 0 aromatic carbocycles. The Morgan fingerprint density at radius 1 is 1.32 bits per heavy atom. The maximum absolute atomic E-state index is 12.7. The summed E-state index contributed by atoms with van der Waals surface area (Å²) in [6.07, 6.45) is 8.19. The molecule has 2 aliphatic carbocycles. The number of hydrogen-bond donors (Lipinski definition) is 2. The third-order valence-corrected chi connectivity index (χ3v) is 4.82. The molecule has 0 atom stereocenters. The molecule has 2 aliphatic rings. The number of nitrogens with zero attached hydrogens (tertiary/aromatic N) is 2. The highest BCUT2D eigenvalue weighted by Crippen LogP contribution is 2.39. The minimum absolute atomic E-state index is 0.0365. The van der Waals surface area contributed by atoms with Crippen molar-refractivity contribution in [3.63, 3.8) is 0 Å². The molecule has 19 heavy (non-hydrogen) atoms. The van der Waals surface area contributed by atoms with E-state index in [2.05, 4.69) is 5.16 Å². The molecule has 5 nitrogen and oxygen atoms in total. The van der Waals surface area contributed by atoms with E-state index in [0.29, 0.717) is 18.8 Å². The molecule has 0 aromatic heterocycles. The van der Waals surface area contributed by atoms with Crippen molar-refractivity contribution in [2.75, 3.05) is 13.6 Å². The summed E-state index contributed by atoms with van der Waals surface area (Å²) in [4.78, 5) is 14.5. The zero-order valence-electron chi connectivity index (χ0n) is 11.8. The standard InChI is InChI=1S/C14H25N3O2/c1-17(10-11-6-5-7-11)13(18)14(12(15)16-19)8-3-2-4-9-14/h11,19H,2-10H2,1H3,(H2,15,16). The van der Waals surface area contributed by atoms with E-state index in [1.165, 1.54) is 19.3 Å². The van der Waals surface area contributed by atoms with E-state index in [1.807, 2.05) is 7.05 Å². The van der Waals surface area contributed by atoms with Crippen molar-refractivity contribution in [3.05, 3.63) is 0 Å². The van der Waals surface area contributed by atoms with Gasteiger partial charge >= 0.3 is 0 Å². The molecular weight excluding hydrogens is 242 g/mol. The van der Waals surface area contributed by atoms with Gasteiger partial charge in [0, 0.05) is 13.6 Å². The summed E-state index contributed by atoms with van der Waals surface area (Å²) >= 11 is 0. The number of carbonyl (C=O) groups excluding carboxylic acids is 1. The van der Waals surface area contributed by atoms with E-state index in [4.69, 9.17) is 10.9 Å². The van der Waals surface area contributed by atoms with E-state index < -0.39 is 5.41 Å². The minimum Gasteiger partial charge on any atom is -0.409 e. The molecule has 0 radical (unpaired) electrons. The monoisotopic (exact) mass is 267 g/mol. The molecule has 0 unspecified atom stereocenters. The second-order valence-corrected chi connectivity index (χ2v) is 6.11. The number of oxime groups is 1. The van der Waals surface area contributed by atoms with Gasteiger partial charge < -0.3 is 15.8 Å². The number of carbonyl (C=O) groups is 1. The maximum atomic E-state index is 12.7. The van der Waals surface area contributed by atoms with Crippen LogP contribution in [0, 0.1) is 11.3 Å². The zero-order valence-corrected chi connectivity index (χ0v) is 11.8. The molecule has 2 fully saturated rings. The molecular formula is C14H25N3O2. The molecule has 0 bridgehead atoms. The van der Waals surface area contributed by atoms with Gasteiger partial charge in [-0.25, -0.2) is 0 Å². The second-order valence-electron chi connectivity index (χ2n) is 6.11. The van der Waals surface area contributed by atoms with Crippen LogP contribution in [0.3, 0.4) is 0 Å². The van der Waals surface area contributed by atoms with Crippen LogP contribution >= 0.6 is 0 Å². The van der Waals surface area contributed by atoms with Crippen molar-refractivity contribution in [2.45, 2.75) is 51.4 Å². The molecule has 108 valence electrons. The predicted molar refractivity (Wildman–Crippen MR) is 73.9 cm³/mol. The van der Waals surface area contributed by atoms with Crippen LogP contribution in [0.15, 0.2) is 5.16 Å². The first-order chi connectivity index (χ1) is 9.10. The van der Waals surface area contributed by atoms with E-state index in [1.54, 1.807) is 4.90 Å². The number of hydrogen-bond acceptors (Lipinski definition) is 3. The van der Waals surface area contributed by atoms with Gasteiger partial charge in [0.05, 0.1) is 0 Å². The molecule has 3 N–H and O–H groups in total. The van der Waals surface area contributed by atoms with Crippen molar-refractivity contribution in [3.8, 4) is 0 Å². The molecule has 0 spiro atoms. The quantitative estimate of drug-likeness (QED) is 0.353. The predicted octanol–water partition coefficient (Wildman–Crippen LogP) is 1.94. The summed E-state index contributed by atoms with van der Waals surface area (Å²) in [5, 5.41) is 12.2. The summed E-state index contributed by atoms with van der Waals surface area (Å²) in [5.41, 5.74) is 5.09. The van der Waals surface area contributed by atoms with Crippen molar-refractivity contribution >= 4 is 11.7 Å². The smallest absolute Gasteiger partial charge is 0.236 e. The van der Waals surface area contributed by atoms with Gasteiger partial charge in [-0.2, -0.15) is 0 Å². The molecule has 0 aromatic rings. The summed E-state index contributed by atoms with van der Waals surface area (Å²) in [7, 11) is 1.85. The first-order valence-electron chi connectivity index (χ1n) is 7.34. The Balaban J connectivity index is 2.10. The normalized spacial score (nSPS) is 23.7. The lowest BCUT2D eigenvalue weighted by atomic mass is 9.72. The highest BCUT2D eigenvalue weighted by molar-refractivity contribution is 6.06. The lowest BCUT2D eigenvalue weighted by Gasteiger charge is -2.39. The first-order valence-corrected chi connectivity index (χ1v) is 7.34. The Labute approximate surface area is 114 Å². The van der Waals surface area contributed by atoms with Gasteiger partial charge in [-0.15, -0.1) is 0 Å². The molecule has 0 saturated heterocycles. The third kappa shape index (κ3) is 2.69. The lowest BCUT2D eigenvalue weighted by Crippen LogP contribution is -2.52. The SMILES string of the molecule is CN(CC1CCC1)C(=O)C1(C(N)=NO)CCCCC1. The van der Waals surface area contributed by atoms with Gasteiger partial charge in [-0.3, -0.25) is 4.79 Å². The van der Waals surface area contributed by atoms with Gasteiger partial charge in [-0.1, -0.05) is 30.8 Å². The van der Waals surface area contributed by atoms with Crippen LogP contribution in [-0.2, 0) is 4.79 Å². The van der Waals surface area contributed by atoms with E-state index in [9.17, 15) is 4.79 Å². The van der Waals surface area contributed by atoms with Gasteiger partial charge in [0.25, 0.3) is 0 Å².